The van der Waals surface area contributed by atoms with E-state index in [-0.39, 0.29) is 23.7 Å². The van der Waals surface area contributed by atoms with Crippen LogP contribution in [0.5, 0.6) is 0 Å². The fourth-order valence-electron chi connectivity index (χ4n) is 3.05. The first-order chi connectivity index (χ1) is 10.2. The molecule has 1 saturated heterocycles. The maximum absolute atomic E-state index is 12.2. The van der Waals surface area contributed by atoms with Crippen molar-refractivity contribution in [3.05, 3.63) is 35.4 Å². The minimum absolute atomic E-state index is 0.0239. The lowest BCUT2D eigenvalue weighted by molar-refractivity contribution is -0.133. The Hall–Kier alpha value is -1.84. The molecule has 2 unspecified atom stereocenters. The third kappa shape index (κ3) is 3.09. The molecule has 2 amide bonds. The fourth-order valence-corrected chi connectivity index (χ4v) is 3.05. The average molecular weight is 286 g/mol. The highest BCUT2D eigenvalue weighted by atomic mass is 16.2. The van der Waals surface area contributed by atoms with Gasteiger partial charge in [0.15, 0.2) is 0 Å². The van der Waals surface area contributed by atoms with Crippen LogP contribution in [0.3, 0.4) is 0 Å². The minimum Gasteiger partial charge on any atom is -0.352 e. The van der Waals surface area contributed by atoms with Crippen LogP contribution in [-0.4, -0.2) is 29.8 Å². The van der Waals surface area contributed by atoms with Crippen LogP contribution in [0.4, 0.5) is 0 Å². The van der Waals surface area contributed by atoms with Crippen LogP contribution in [-0.2, 0) is 16.1 Å². The molecule has 1 aliphatic carbocycles. The highest BCUT2D eigenvalue weighted by molar-refractivity contribution is 5.92. The van der Waals surface area contributed by atoms with Gasteiger partial charge in [0.2, 0.25) is 11.8 Å². The molecule has 1 aromatic carbocycles. The molecule has 0 spiro atoms. The summed E-state index contributed by atoms with van der Waals surface area (Å²) in [6.07, 6.45) is 2.92. The first-order valence-corrected chi connectivity index (χ1v) is 7.78. The summed E-state index contributed by atoms with van der Waals surface area (Å²) >= 11 is 0. The van der Waals surface area contributed by atoms with Gasteiger partial charge in [0.25, 0.3) is 0 Å². The Morgan fingerprint density at radius 3 is 2.62 bits per heavy atom. The van der Waals surface area contributed by atoms with E-state index < -0.39 is 0 Å². The number of likely N-dealkylation sites (tertiary alicyclic amines) is 1. The zero-order valence-corrected chi connectivity index (χ0v) is 12.5. The Labute approximate surface area is 125 Å². The number of carbonyl (C=O) groups is 2. The largest absolute Gasteiger partial charge is 0.352 e. The van der Waals surface area contributed by atoms with E-state index in [2.05, 4.69) is 5.32 Å². The number of benzene rings is 1. The van der Waals surface area contributed by atoms with Gasteiger partial charge in [-0.05, 0) is 37.3 Å². The first kappa shape index (κ1) is 14.1. The Bertz CT molecular complexity index is 549. The van der Waals surface area contributed by atoms with Gasteiger partial charge in [-0.2, -0.15) is 0 Å². The van der Waals surface area contributed by atoms with Crippen molar-refractivity contribution in [2.24, 2.45) is 11.8 Å². The molecule has 0 radical (unpaired) electrons. The van der Waals surface area contributed by atoms with E-state index in [1.54, 1.807) is 0 Å². The van der Waals surface area contributed by atoms with E-state index in [1.165, 1.54) is 5.56 Å². The molecule has 0 aromatic heterocycles. The third-order valence-corrected chi connectivity index (χ3v) is 4.58. The quantitative estimate of drug-likeness (QED) is 0.918. The van der Waals surface area contributed by atoms with Crippen LogP contribution >= 0.6 is 0 Å². The molecule has 1 heterocycles. The summed E-state index contributed by atoms with van der Waals surface area (Å²) < 4.78 is 0. The highest BCUT2D eigenvalue weighted by Gasteiger charge is 2.49. The number of nitrogens with one attached hydrogen (secondary N) is 1. The van der Waals surface area contributed by atoms with Crippen molar-refractivity contribution in [3.63, 3.8) is 0 Å². The number of rotatable bonds is 4. The molecule has 1 aliphatic heterocycles. The van der Waals surface area contributed by atoms with Crippen molar-refractivity contribution in [1.82, 2.24) is 10.2 Å². The molecule has 4 heteroatoms. The molecule has 3 rings (SSSR count). The highest BCUT2D eigenvalue weighted by Crippen LogP contribution is 2.40. The summed E-state index contributed by atoms with van der Waals surface area (Å²) in [7, 11) is 0. The Balaban J connectivity index is 1.49. The van der Waals surface area contributed by atoms with Crippen molar-refractivity contribution in [2.45, 2.75) is 32.7 Å². The van der Waals surface area contributed by atoms with Crippen molar-refractivity contribution >= 4 is 11.8 Å². The Morgan fingerprint density at radius 2 is 1.90 bits per heavy atom. The predicted octanol–water partition coefficient (Wildman–Crippen LogP) is 1.87. The van der Waals surface area contributed by atoms with Gasteiger partial charge >= 0.3 is 0 Å². The molecule has 0 bridgehead atoms. The molecule has 1 N–H and O–H groups in total. The van der Waals surface area contributed by atoms with Gasteiger partial charge in [0.1, 0.15) is 0 Å². The average Bonchev–Trinajstić information content (AvgIpc) is 3.10. The number of carbonyl (C=O) groups excluding carboxylic acids is 2. The minimum atomic E-state index is -0.109. The van der Waals surface area contributed by atoms with Crippen molar-refractivity contribution < 1.29 is 9.59 Å². The van der Waals surface area contributed by atoms with Crippen LogP contribution in [0.25, 0.3) is 0 Å². The van der Waals surface area contributed by atoms with E-state index in [9.17, 15) is 9.59 Å². The maximum Gasteiger partial charge on any atom is 0.226 e. The molecule has 1 aromatic rings. The molecule has 2 aliphatic rings. The van der Waals surface area contributed by atoms with Crippen molar-refractivity contribution in [1.29, 1.82) is 0 Å². The summed E-state index contributed by atoms with van der Waals surface area (Å²) in [5.41, 5.74) is 2.31. The van der Waals surface area contributed by atoms with Crippen LogP contribution < -0.4 is 5.32 Å². The number of hydrogen-bond donors (Lipinski definition) is 1. The normalized spacial score (nSPS) is 24.0. The predicted molar refractivity (Wildman–Crippen MR) is 80.4 cm³/mol. The van der Waals surface area contributed by atoms with Crippen LogP contribution in [0.1, 0.15) is 30.4 Å². The lowest BCUT2D eigenvalue weighted by Gasteiger charge is -2.15. The summed E-state index contributed by atoms with van der Waals surface area (Å²) in [5, 5.41) is 2.97. The zero-order valence-electron chi connectivity index (χ0n) is 12.5. The van der Waals surface area contributed by atoms with E-state index in [0.717, 1.165) is 37.9 Å². The SMILES string of the molecule is Cc1ccccc1CNC(=O)C1CC1C(=O)N1CCCC1. The van der Waals surface area contributed by atoms with E-state index in [0.29, 0.717) is 6.54 Å². The molecular formula is C17H22N2O2. The van der Waals surface area contributed by atoms with Crippen molar-refractivity contribution in [3.8, 4) is 0 Å². The van der Waals surface area contributed by atoms with E-state index in [1.807, 2.05) is 36.1 Å². The van der Waals surface area contributed by atoms with Crippen LogP contribution in [0.2, 0.25) is 0 Å². The van der Waals surface area contributed by atoms with E-state index in [4.69, 9.17) is 0 Å². The van der Waals surface area contributed by atoms with Gasteiger partial charge in [-0.1, -0.05) is 24.3 Å². The van der Waals surface area contributed by atoms with Gasteiger partial charge in [0, 0.05) is 19.6 Å². The summed E-state index contributed by atoms with van der Waals surface area (Å²) in [6.45, 7) is 4.32. The van der Waals surface area contributed by atoms with E-state index >= 15 is 0 Å². The number of aryl methyl sites for hydroxylation is 1. The first-order valence-electron chi connectivity index (χ1n) is 7.78. The Kier molecular flexibility index (Phi) is 3.95. The molecule has 4 nitrogen and oxygen atoms in total. The lowest BCUT2D eigenvalue weighted by Crippen LogP contribution is -2.32. The topological polar surface area (TPSA) is 49.4 Å². The van der Waals surface area contributed by atoms with Gasteiger partial charge in [-0.3, -0.25) is 9.59 Å². The number of hydrogen-bond acceptors (Lipinski definition) is 2. The second-order valence-corrected chi connectivity index (χ2v) is 6.13. The van der Waals surface area contributed by atoms with Gasteiger partial charge < -0.3 is 10.2 Å². The van der Waals surface area contributed by atoms with Gasteiger partial charge in [-0.25, -0.2) is 0 Å². The van der Waals surface area contributed by atoms with Crippen LogP contribution in [0.15, 0.2) is 24.3 Å². The summed E-state index contributed by atoms with van der Waals surface area (Å²) in [6, 6.07) is 8.03. The molecule has 21 heavy (non-hydrogen) atoms. The molecule has 1 saturated carbocycles. The van der Waals surface area contributed by atoms with Gasteiger partial charge in [-0.15, -0.1) is 0 Å². The Morgan fingerprint density at radius 1 is 1.19 bits per heavy atom. The summed E-state index contributed by atoms with van der Waals surface area (Å²) in [5.74, 6) is 0.0291. The monoisotopic (exact) mass is 286 g/mol. The summed E-state index contributed by atoms with van der Waals surface area (Å²) in [4.78, 5) is 26.3. The standard InChI is InChI=1S/C17H22N2O2/c1-12-6-2-3-7-13(12)11-18-16(20)14-10-15(14)17(21)19-8-4-5-9-19/h2-3,6-7,14-15H,4-5,8-11H2,1H3,(H,18,20). The third-order valence-electron chi connectivity index (χ3n) is 4.58. The maximum atomic E-state index is 12.2. The second kappa shape index (κ2) is 5.88. The van der Waals surface area contributed by atoms with Crippen LogP contribution in [0, 0.1) is 18.8 Å². The fraction of sp³-hybridized carbons (Fsp3) is 0.529. The number of amides is 2. The molecule has 2 fully saturated rings. The second-order valence-electron chi connectivity index (χ2n) is 6.13. The van der Waals surface area contributed by atoms with Crippen molar-refractivity contribution in [2.75, 3.05) is 13.1 Å². The molecule has 2 atom stereocenters. The zero-order chi connectivity index (χ0) is 14.8. The molecular weight excluding hydrogens is 264 g/mol. The molecule has 112 valence electrons. The smallest absolute Gasteiger partial charge is 0.226 e. The number of nitrogens with zero attached hydrogens (tertiary/aromatic N) is 1. The van der Waals surface area contributed by atoms with Gasteiger partial charge in [0.05, 0.1) is 11.8 Å². The lowest BCUT2D eigenvalue weighted by atomic mass is 10.1.